The number of aromatic nitrogens is 2. The van der Waals surface area contributed by atoms with Crippen LogP contribution >= 0.6 is 23.2 Å². The SMILES string of the molecule is CC(=O)NC1CCN(c2nc(Cl)ncc2Cl)CC1. The lowest BCUT2D eigenvalue weighted by atomic mass is 10.1. The summed E-state index contributed by atoms with van der Waals surface area (Å²) in [5, 5.41) is 3.61. The van der Waals surface area contributed by atoms with E-state index in [9.17, 15) is 4.79 Å². The molecule has 0 spiro atoms. The maximum atomic E-state index is 11.0. The van der Waals surface area contributed by atoms with Gasteiger partial charge in [-0.3, -0.25) is 4.79 Å². The first kappa shape index (κ1) is 13.4. The van der Waals surface area contributed by atoms with Gasteiger partial charge in [0.15, 0.2) is 5.82 Å². The summed E-state index contributed by atoms with van der Waals surface area (Å²) < 4.78 is 0. The van der Waals surface area contributed by atoms with E-state index in [-0.39, 0.29) is 17.2 Å². The lowest BCUT2D eigenvalue weighted by Crippen LogP contribution is -2.44. The molecule has 1 N–H and O–H groups in total. The summed E-state index contributed by atoms with van der Waals surface area (Å²) in [5.41, 5.74) is 0. The summed E-state index contributed by atoms with van der Waals surface area (Å²) in [6, 6.07) is 0.231. The number of nitrogens with one attached hydrogen (secondary N) is 1. The Morgan fingerprint density at radius 2 is 2.11 bits per heavy atom. The van der Waals surface area contributed by atoms with E-state index in [2.05, 4.69) is 20.2 Å². The van der Waals surface area contributed by atoms with Crippen molar-refractivity contribution >= 4 is 34.9 Å². The molecule has 1 aliphatic rings. The molecule has 1 aromatic rings. The molecule has 0 aromatic carbocycles. The summed E-state index contributed by atoms with van der Waals surface area (Å²) in [7, 11) is 0. The van der Waals surface area contributed by atoms with Gasteiger partial charge in [0.2, 0.25) is 11.2 Å². The molecule has 0 radical (unpaired) electrons. The quantitative estimate of drug-likeness (QED) is 0.845. The number of piperidine rings is 1. The molecule has 7 heteroatoms. The number of rotatable bonds is 2. The number of carbonyl (C=O) groups is 1. The maximum absolute atomic E-state index is 11.0. The van der Waals surface area contributed by atoms with Gasteiger partial charge in [-0.15, -0.1) is 0 Å². The first-order valence-corrected chi connectivity index (χ1v) is 6.52. The highest BCUT2D eigenvalue weighted by molar-refractivity contribution is 6.33. The zero-order valence-electron chi connectivity index (χ0n) is 9.99. The van der Waals surface area contributed by atoms with Crippen molar-refractivity contribution in [2.75, 3.05) is 18.0 Å². The summed E-state index contributed by atoms with van der Waals surface area (Å²) in [6.45, 7) is 3.11. The Morgan fingerprint density at radius 1 is 1.44 bits per heavy atom. The molecule has 18 heavy (non-hydrogen) atoms. The van der Waals surface area contributed by atoms with Gasteiger partial charge in [-0.25, -0.2) is 4.98 Å². The number of anilines is 1. The summed E-state index contributed by atoms with van der Waals surface area (Å²) >= 11 is 11.8. The smallest absolute Gasteiger partial charge is 0.224 e. The van der Waals surface area contributed by atoms with Crippen LogP contribution in [0.1, 0.15) is 19.8 Å². The second-order valence-corrected chi connectivity index (χ2v) is 5.02. The van der Waals surface area contributed by atoms with E-state index >= 15 is 0 Å². The molecule has 1 amide bonds. The third-order valence-corrected chi connectivity index (χ3v) is 3.35. The largest absolute Gasteiger partial charge is 0.355 e. The average molecular weight is 289 g/mol. The number of halogens is 2. The molecule has 0 saturated carbocycles. The highest BCUT2D eigenvalue weighted by atomic mass is 35.5. The zero-order chi connectivity index (χ0) is 13.1. The van der Waals surface area contributed by atoms with Crippen LogP contribution < -0.4 is 10.2 Å². The van der Waals surface area contributed by atoms with Crippen LogP contribution in [0.3, 0.4) is 0 Å². The van der Waals surface area contributed by atoms with Crippen LogP contribution in [-0.2, 0) is 4.79 Å². The molecular formula is C11H14Cl2N4O. The van der Waals surface area contributed by atoms with Gasteiger partial charge in [-0.05, 0) is 24.4 Å². The van der Waals surface area contributed by atoms with Gasteiger partial charge in [0.1, 0.15) is 5.02 Å². The van der Waals surface area contributed by atoms with Crippen LogP contribution in [0.25, 0.3) is 0 Å². The minimum Gasteiger partial charge on any atom is -0.355 e. The number of carbonyl (C=O) groups excluding carboxylic acids is 1. The van der Waals surface area contributed by atoms with E-state index in [0.29, 0.717) is 10.8 Å². The van der Waals surface area contributed by atoms with E-state index in [1.165, 1.54) is 13.1 Å². The fourth-order valence-electron chi connectivity index (χ4n) is 2.08. The van der Waals surface area contributed by atoms with E-state index in [1.54, 1.807) is 0 Å². The zero-order valence-corrected chi connectivity index (χ0v) is 11.5. The van der Waals surface area contributed by atoms with Crippen molar-refractivity contribution in [2.24, 2.45) is 0 Å². The lowest BCUT2D eigenvalue weighted by molar-refractivity contribution is -0.119. The normalized spacial score (nSPS) is 16.7. The molecule has 2 rings (SSSR count). The third-order valence-electron chi connectivity index (χ3n) is 2.90. The Bertz CT molecular complexity index is 447. The van der Waals surface area contributed by atoms with Gasteiger partial charge in [0.25, 0.3) is 0 Å². The van der Waals surface area contributed by atoms with Crippen molar-refractivity contribution in [3.05, 3.63) is 16.5 Å². The summed E-state index contributed by atoms with van der Waals surface area (Å²) in [4.78, 5) is 21.0. The van der Waals surface area contributed by atoms with Gasteiger partial charge in [0, 0.05) is 26.1 Å². The van der Waals surface area contributed by atoms with E-state index in [1.807, 2.05) is 0 Å². The van der Waals surface area contributed by atoms with Crippen LogP contribution in [0.15, 0.2) is 6.20 Å². The Morgan fingerprint density at radius 3 is 2.72 bits per heavy atom. The molecule has 0 aliphatic carbocycles. The fraction of sp³-hybridized carbons (Fsp3) is 0.545. The Kier molecular flexibility index (Phi) is 4.24. The van der Waals surface area contributed by atoms with Crippen LogP contribution in [0, 0.1) is 0 Å². The standard InChI is InChI=1S/C11H14Cl2N4O/c1-7(18)15-8-2-4-17(5-3-8)10-9(12)6-14-11(13)16-10/h6,8H,2-5H2,1H3,(H,15,18). The number of hydrogen-bond acceptors (Lipinski definition) is 4. The Labute approximate surface area is 115 Å². The molecule has 1 aromatic heterocycles. The summed E-state index contributed by atoms with van der Waals surface area (Å²) in [5.74, 6) is 0.675. The number of amides is 1. The molecule has 2 heterocycles. The van der Waals surface area contributed by atoms with Crippen LogP contribution in [0.5, 0.6) is 0 Å². The van der Waals surface area contributed by atoms with Crippen LogP contribution in [0.2, 0.25) is 10.3 Å². The lowest BCUT2D eigenvalue weighted by Gasteiger charge is -2.33. The third kappa shape index (κ3) is 3.23. The second kappa shape index (κ2) is 5.71. The first-order valence-electron chi connectivity index (χ1n) is 5.76. The van der Waals surface area contributed by atoms with Crippen molar-refractivity contribution in [3.8, 4) is 0 Å². The molecule has 1 saturated heterocycles. The van der Waals surface area contributed by atoms with Crippen molar-refractivity contribution in [1.29, 1.82) is 0 Å². The van der Waals surface area contributed by atoms with Crippen LogP contribution in [-0.4, -0.2) is 35.0 Å². The molecule has 1 fully saturated rings. The monoisotopic (exact) mass is 288 g/mol. The van der Waals surface area contributed by atoms with Gasteiger partial charge >= 0.3 is 0 Å². The minimum absolute atomic E-state index is 0.0107. The summed E-state index contributed by atoms with van der Waals surface area (Å²) in [6.07, 6.45) is 3.25. The predicted octanol–water partition coefficient (Wildman–Crippen LogP) is 1.89. The Balaban J connectivity index is 2.01. The topological polar surface area (TPSA) is 58.1 Å². The van der Waals surface area contributed by atoms with Crippen molar-refractivity contribution in [2.45, 2.75) is 25.8 Å². The van der Waals surface area contributed by atoms with Gasteiger partial charge in [-0.2, -0.15) is 4.98 Å². The number of nitrogens with zero attached hydrogens (tertiary/aromatic N) is 3. The predicted molar refractivity (Wildman–Crippen MR) is 71.1 cm³/mol. The highest BCUT2D eigenvalue weighted by Gasteiger charge is 2.22. The van der Waals surface area contributed by atoms with Crippen molar-refractivity contribution in [1.82, 2.24) is 15.3 Å². The average Bonchev–Trinajstić information content (AvgIpc) is 2.33. The molecular weight excluding hydrogens is 275 g/mol. The minimum atomic E-state index is 0.0107. The van der Waals surface area contributed by atoms with Gasteiger partial charge in [-0.1, -0.05) is 11.6 Å². The molecule has 5 nitrogen and oxygen atoms in total. The number of hydrogen-bond donors (Lipinski definition) is 1. The van der Waals surface area contributed by atoms with Crippen molar-refractivity contribution in [3.63, 3.8) is 0 Å². The van der Waals surface area contributed by atoms with E-state index in [0.717, 1.165) is 25.9 Å². The van der Waals surface area contributed by atoms with Gasteiger partial charge in [0.05, 0.1) is 6.20 Å². The van der Waals surface area contributed by atoms with Gasteiger partial charge < -0.3 is 10.2 Å². The van der Waals surface area contributed by atoms with E-state index in [4.69, 9.17) is 23.2 Å². The van der Waals surface area contributed by atoms with Crippen LogP contribution in [0.4, 0.5) is 5.82 Å². The van der Waals surface area contributed by atoms with Crippen molar-refractivity contribution < 1.29 is 4.79 Å². The molecule has 0 bridgehead atoms. The molecule has 1 aliphatic heterocycles. The molecule has 98 valence electrons. The highest BCUT2D eigenvalue weighted by Crippen LogP contribution is 2.26. The first-order chi connectivity index (χ1) is 8.56. The second-order valence-electron chi connectivity index (χ2n) is 4.27. The maximum Gasteiger partial charge on any atom is 0.224 e. The molecule has 0 atom stereocenters. The molecule has 0 unspecified atom stereocenters. The Hall–Kier alpha value is -1.07. The fourth-order valence-corrected chi connectivity index (χ4v) is 2.42. The van der Waals surface area contributed by atoms with E-state index < -0.39 is 0 Å².